The van der Waals surface area contributed by atoms with E-state index in [9.17, 15) is 4.79 Å². The van der Waals surface area contributed by atoms with Crippen molar-refractivity contribution in [2.24, 2.45) is 0 Å². The van der Waals surface area contributed by atoms with Gasteiger partial charge in [-0.25, -0.2) is 0 Å². The first-order chi connectivity index (χ1) is 15.1. The van der Waals surface area contributed by atoms with E-state index in [-0.39, 0.29) is 12.5 Å². The largest absolute Gasteiger partial charge is 0.492 e. The van der Waals surface area contributed by atoms with Crippen LogP contribution in [0.3, 0.4) is 0 Å². The molecule has 4 rings (SSSR count). The van der Waals surface area contributed by atoms with E-state index in [1.165, 1.54) is 5.56 Å². The number of nitrogens with one attached hydrogen (secondary N) is 1. The number of nitrogens with zero attached hydrogens (tertiary/aromatic N) is 3. The van der Waals surface area contributed by atoms with Crippen LogP contribution in [0.2, 0.25) is 0 Å². The fourth-order valence-electron chi connectivity index (χ4n) is 3.63. The summed E-state index contributed by atoms with van der Waals surface area (Å²) in [4.78, 5) is 15.0. The lowest BCUT2D eigenvalue weighted by Gasteiger charge is -2.27. The number of amides is 1. The summed E-state index contributed by atoms with van der Waals surface area (Å²) in [5.41, 5.74) is 3.97. The van der Waals surface area contributed by atoms with Gasteiger partial charge in [0, 0.05) is 24.8 Å². The number of hydrogen-bond acceptors (Lipinski definition) is 5. The van der Waals surface area contributed by atoms with Crippen LogP contribution in [0, 0.1) is 6.92 Å². The van der Waals surface area contributed by atoms with Crippen molar-refractivity contribution in [3.05, 3.63) is 60.3 Å². The maximum Gasteiger partial charge on any atom is 0.246 e. The molecule has 1 aliphatic heterocycles. The second-order valence-electron chi connectivity index (χ2n) is 7.51. The lowest BCUT2D eigenvalue weighted by Crippen LogP contribution is -2.36. The molecule has 0 saturated carbocycles. The van der Waals surface area contributed by atoms with Crippen molar-refractivity contribution in [3.63, 3.8) is 0 Å². The maximum absolute atomic E-state index is 12.8. The van der Waals surface area contributed by atoms with Crippen LogP contribution in [0.25, 0.3) is 11.1 Å². The molecular formula is C24H28N4O3. The zero-order chi connectivity index (χ0) is 21.6. The number of carbonyl (C=O) groups is 1. The summed E-state index contributed by atoms with van der Waals surface area (Å²) < 4.78 is 12.8. The highest BCUT2D eigenvalue weighted by Crippen LogP contribution is 2.31. The zero-order valence-corrected chi connectivity index (χ0v) is 18.0. The van der Waals surface area contributed by atoms with Crippen LogP contribution in [0.15, 0.2) is 54.7 Å². The standard InChI is InChI=1S/C24H28N4O3/c1-3-31-22-7-5-4-6-21(22)25-23(29)17-28-16-20(19-10-8-18(2)9-11-19)24(26-28)27-12-14-30-15-13-27/h4-11,16H,3,12-15,17H2,1-2H3,(H,25,29). The van der Waals surface area contributed by atoms with Gasteiger partial charge in [-0.3, -0.25) is 9.48 Å². The van der Waals surface area contributed by atoms with Gasteiger partial charge >= 0.3 is 0 Å². The third-order valence-corrected chi connectivity index (χ3v) is 5.18. The summed E-state index contributed by atoms with van der Waals surface area (Å²) in [6.45, 7) is 7.55. The Morgan fingerprint density at radius 2 is 1.87 bits per heavy atom. The van der Waals surface area contributed by atoms with Crippen molar-refractivity contribution in [3.8, 4) is 16.9 Å². The van der Waals surface area contributed by atoms with E-state index in [1.54, 1.807) is 4.68 Å². The molecule has 3 aromatic rings. The molecule has 1 aliphatic rings. The molecular weight excluding hydrogens is 392 g/mol. The summed E-state index contributed by atoms with van der Waals surface area (Å²) in [5.74, 6) is 1.39. The molecule has 1 N–H and O–H groups in total. The van der Waals surface area contributed by atoms with Gasteiger partial charge in [-0.2, -0.15) is 5.10 Å². The van der Waals surface area contributed by atoms with Crippen LogP contribution in [-0.2, 0) is 16.1 Å². The Labute approximate surface area is 182 Å². The molecule has 1 fully saturated rings. The summed E-state index contributed by atoms with van der Waals surface area (Å²) >= 11 is 0. The van der Waals surface area contributed by atoms with Gasteiger partial charge < -0.3 is 19.7 Å². The molecule has 1 aromatic heterocycles. The van der Waals surface area contributed by atoms with Gasteiger partial charge in [-0.1, -0.05) is 42.0 Å². The molecule has 31 heavy (non-hydrogen) atoms. The summed E-state index contributed by atoms with van der Waals surface area (Å²) in [5, 5.41) is 7.71. The van der Waals surface area contributed by atoms with Crippen LogP contribution in [0.5, 0.6) is 5.75 Å². The van der Waals surface area contributed by atoms with Gasteiger partial charge in [0.05, 0.1) is 25.5 Å². The van der Waals surface area contributed by atoms with E-state index >= 15 is 0 Å². The van der Waals surface area contributed by atoms with Crippen LogP contribution in [0.4, 0.5) is 11.5 Å². The van der Waals surface area contributed by atoms with Crippen LogP contribution < -0.4 is 15.0 Å². The Balaban J connectivity index is 1.57. The fraction of sp³-hybridized carbons (Fsp3) is 0.333. The number of anilines is 2. The van der Waals surface area contributed by atoms with Gasteiger partial charge in [0.2, 0.25) is 5.91 Å². The molecule has 2 aromatic carbocycles. The highest BCUT2D eigenvalue weighted by atomic mass is 16.5. The predicted molar refractivity (Wildman–Crippen MR) is 122 cm³/mol. The Kier molecular flexibility index (Phi) is 6.52. The first-order valence-electron chi connectivity index (χ1n) is 10.6. The fourth-order valence-corrected chi connectivity index (χ4v) is 3.63. The Bertz CT molecular complexity index is 1020. The van der Waals surface area contributed by atoms with Crippen molar-refractivity contribution >= 4 is 17.4 Å². The van der Waals surface area contributed by atoms with E-state index in [1.807, 2.05) is 37.4 Å². The van der Waals surface area contributed by atoms with Crippen LogP contribution in [0.1, 0.15) is 12.5 Å². The van der Waals surface area contributed by atoms with Crippen LogP contribution in [-0.4, -0.2) is 48.6 Å². The summed E-state index contributed by atoms with van der Waals surface area (Å²) in [7, 11) is 0. The minimum Gasteiger partial charge on any atom is -0.492 e. The lowest BCUT2D eigenvalue weighted by molar-refractivity contribution is -0.116. The molecule has 0 spiro atoms. The van der Waals surface area contributed by atoms with Crippen LogP contribution >= 0.6 is 0 Å². The number of aryl methyl sites for hydroxylation is 1. The summed E-state index contributed by atoms with van der Waals surface area (Å²) in [6, 6.07) is 15.8. The Morgan fingerprint density at radius 3 is 2.61 bits per heavy atom. The average molecular weight is 421 g/mol. The molecule has 0 aliphatic carbocycles. The molecule has 0 radical (unpaired) electrons. The monoisotopic (exact) mass is 420 g/mol. The van der Waals surface area contributed by atoms with Gasteiger partial charge in [0.15, 0.2) is 5.82 Å². The van der Waals surface area contributed by atoms with E-state index in [2.05, 4.69) is 41.4 Å². The molecule has 1 saturated heterocycles. The first-order valence-corrected chi connectivity index (χ1v) is 10.6. The SMILES string of the molecule is CCOc1ccccc1NC(=O)Cn1cc(-c2ccc(C)cc2)c(N2CCOCC2)n1. The molecule has 0 bridgehead atoms. The molecule has 162 valence electrons. The molecule has 0 unspecified atom stereocenters. The van der Waals surface area contributed by atoms with Gasteiger partial charge in [0.1, 0.15) is 12.3 Å². The number of para-hydroxylation sites is 2. The molecule has 1 amide bonds. The van der Waals surface area contributed by atoms with Crippen molar-refractivity contribution in [2.75, 3.05) is 43.1 Å². The van der Waals surface area contributed by atoms with Crippen molar-refractivity contribution in [1.29, 1.82) is 0 Å². The van der Waals surface area contributed by atoms with Crippen molar-refractivity contribution in [2.45, 2.75) is 20.4 Å². The molecule has 7 nitrogen and oxygen atoms in total. The number of carbonyl (C=O) groups excluding carboxylic acids is 1. The van der Waals surface area contributed by atoms with E-state index in [4.69, 9.17) is 14.6 Å². The minimum absolute atomic E-state index is 0.115. The zero-order valence-electron chi connectivity index (χ0n) is 18.0. The maximum atomic E-state index is 12.8. The Hall–Kier alpha value is -3.32. The number of benzene rings is 2. The first kappa shape index (κ1) is 20.9. The smallest absolute Gasteiger partial charge is 0.246 e. The van der Waals surface area contributed by atoms with Gasteiger partial charge in [-0.05, 0) is 31.5 Å². The molecule has 2 heterocycles. The topological polar surface area (TPSA) is 68.6 Å². The second-order valence-corrected chi connectivity index (χ2v) is 7.51. The summed E-state index contributed by atoms with van der Waals surface area (Å²) in [6.07, 6.45) is 1.95. The van der Waals surface area contributed by atoms with Crippen molar-refractivity contribution < 1.29 is 14.3 Å². The normalized spacial score (nSPS) is 13.8. The van der Waals surface area contributed by atoms with Crippen molar-refractivity contribution in [1.82, 2.24) is 9.78 Å². The number of aromatic nitrogens is 2. The number of morpholine rings is 1. The van der Waals surface area contributed by atoms with E-state index in [0.29, 0.717) is 31.3 Å². The number of rotatable bonds is 7. The number of ether oxygens (including phenoxy) is 2. The molecule has 7 heteroatoms. The number of hydrogen-bond donors (Lipinski definition) is 1. The third kappa shape index (κ3) is 5.06. The highest BCUT2D eigenvalue weighted by molar-refractivity contribution is 5.92. The minimum atomic E-state index is -0.154. The predicted octanol–water partition coefficient (Wildman–Crippen LogP) is 3.73. The molecule has 0 atom stereocenters. The third-order valence-electron chi connectivity index (χ3n) is 5.18. The average Bonchev–Trinajstić information content (AvgIpc) is 3.20. The van der Waals surface area contributed by atoms with Gasteiger partial charge in [-0.15, -0.1) is 0 Å². The van der Waals surface area contributed by atoms with E-state index < -0.39 is 0 Å². The van der Waals surface area contributed by atoms with Gasteiger partial charge in [0.25, 0.3) is 0 Å². The second kappa shape index (κ2) is 9.66. The highest BCUT2D eigenvalue weighted by Gasteiger charge is 2.21. The quantitative estimate of drug-likeness (QED) is 0.631. The lowest BCUT2D eigenvalue weighted by atomic mass is 10.1. The Morgan fingerprint density at radius 1 is 1.13 bits per heavy atom. The van der Waals surface area contributed by atoms with E-state index in [0.717, 1.165) is 30.0 Å².